The lowest BCUT2D eigenvalue weighted by molar-refractivity contribution is -0.883. The minimum Gasteiger partial charge on any atom is -0.345 e. The van der Waals surface area contributed by atoms with Crippen LogP contribution < -0.4 is 15.5 Å². The number of anilines is 1. The van der Waals surface area contributed by atoms with Gasteiger partial charge < -0.3 is 15.5 Å². The van der Waals surface area contributed by atoms with Crippen LogP contribution in [0.2, 0.25) is 0 Å². The highest BCUT2D eigenvalue weighted by atomic mass is 16.2. The van der Waals surface area contributed by atoms with Crippen molar-refractivity contribution in [2.24, 2.45) is 0 Å². The van der Waals surface area contributed by atoms with Gasteiger partial charge in [-0.1, -0.05) is 67.6 Å². The SMILES string of the molecule is CCC[NH+](CC(=O)Nc1ccccc1C)CC(=O)N[C@@H](C)c1cccc2ccccc12. The zero-order chi connectivity index (χ0) is 22.2. The Morgan fingerprint density at radius 2 is 1.58 bits per heavy atom. The van der Waals surface area contributed by atoms with Gasteiger partial charge in [-0.2, -0.15) is 0 Å². The lowest BCUT2D eigenvalue weighted by atomic mass is 10.00. The maximum atomic E-state index is 12.8. The lowest BCUT2D eigenvalue weighted by Gasteiger charge is -2.21. The Hall–Kier alpha value is -3.18. The number of amides is 2. The minimum atomic E-state index is -0.109. The van der Waals surface area contributed by atoms with E-state index in [9.17, 15) is 9.59 Å². The molecule has 5 nitrogen and oxygen atoms in total. The predicted molar refractivity (Wildman–Crippen MR) is 126 cm³/mol. The number of carbonyl (C=O) groups excluding carboxylic acids is 2. The average molecular weight is 419 g/mol. The fourth-order valence-corrected chi connectivity index (χ4v) is 3.95. The summed E-state index contributed by atoms with van der Waals surface area (Å²) in [5.74, 6) is -0.125. The molecule has 0 bridgehead atoms. The average Bonchev–Trinajstić information content (AvgIpc) is 2.75. The molecule has 3 rings (SSSR count). The highest BCUT2D eigenvalue weighted by Crippen LogP contribution is 2.23. The molecular weight excluding hydrogens is 386 g/mol. The Balaban J connectivity index is 1.61. The van der Waals surface area contributed by atoms with Crippen molar-refractivity contribution in [3.63, 3.8) is 0 Å². The van der Waals surface area contributed by atoms with Crippen molar-refractivity contribution in [2.45, 2.75) is 33.2 Å². The fraction of sp³-hybridized carbons (Fsp3) is 0.308. The van der Waals surface area contributed by atoms with Crippen molar-refractivity contribution < 1.29 is 14.5 Å². The van der Waals surface area contributed by atoms with Gasteiger partial charge in [-0.15, -0.1) is 0 Å². The molecule has 0 saturated heterocycles. The molecule has 162 valence electrons. The van der Waals surface area contributed by atoms with Gasteiger partial charge in [0.25, 0.3) is 11.8 Å². The number of carbonyl (C=O) groups is 2. The Labute approximate surface area is 184 Å². The number of rotatable bonds is 9. The van der Waals surface area contributed by atoms with Gasteiger partial charge in [0.1, 0.15) is 0 Å². The lowest BCUT2D eigenvalue weighted by Crippen LogP contribution is -3.14. The van der Waals surface area contributed by atoms with E-state index < -0.39 is 0 Å². The number of quaternary nitrogens is 1. The summed E-state index contributed by atoms with van der Waals surface area (Å²) in [6.45, 7) is 7.33. The molecule has 3 N–H and O–H groups in total. The largest absolute Gasteiger partial charge is 0.345 e. The van der Waals surface area contributed by atoms with E-state index in [-0.39, 0.29) is 30.9 Å². The quantitative estimate of drug-likeness (QED) is 0.500. The first-order valence-corrected chi connectivity index (χ1v) is 10.9. The van der Waals surface area contributed by atoms with Crippen LogP contribution in [0.4, 0.5) is 5.69 Å². The van der Waals surface area contributed by atoms with E-state index in [1.807, 2.05) is 56.3 Å². The van der Waals surface area contributed by atoms with Crippen LogP contribution in [0.3, 0.4) is 0 Å². The second kappa shape index (κ2) is 10.7. The molecular formula is C26H32N3O2+. The summed E-state index contributed by atoms with van der Waals surface area (Å²) in [7, 11) is 0. The van der Waals surface area contributed by atoms with Crippen LogP contribution in [-0.2, 0) is 9.59 Å². The molecule has 0 fully saturated rings. The zero-order valence-electron chi connectivity index (χ0n) is 18.6. The number of aryl methyl sites for hydroxylation is 1. The van der Waals surface area contributed by atoms with E-state index in [0.717, 1.165) is 45.5 Å². The topological polar surface area (TPSA) is 62.6 Å². The molecule has 0 aliphatic heterocycles. The van der Waals surface area contributed by atoms with Crippen molar-refractivity contribution in [1.82, 2.24) is 5.32 Å². The van der Waals surface area contributed by atoms with Gasteiger partial charge >= 0.3 is 0 Å². The second-order valence-corrected chi connectivity index (χ2v) is 8.07. The van der Waals surface area contributed by atoms with Crippen LogP contribution in [0.1, 0.15) is 37.4 Å². The van der Waals surface area contributed by atoms with Gasteiger partial charge in [-0.05, 0) is 48.2 Å². The van der Waals surface area contributed by atoms with Gasteiger partial charge in [-0.3, -0.25) is 9.59 Å². The van der Waals surface area contributed by atoms with Gasteiger partial charge in [0.2, 0.25) is 0 Å². The molecule has 0 heterocycles. The van der Waals surface area contributed by atoms with E-state index in [4.69, 9.17) is 0 Å². The summed E-state index contributed by atoms with van der Waals surface area (Å²) >= 11 is 0. The maximum Gasteiger partial charge on any atom is 0.279 e. The summed E-state index contributed by atoms with van der Waals surface area (Å²) in [5.41, 5.74) is 2.94. The first-order chi connectivity index (χ1) is 15.0. The molecule has 5 heteroatoms. The van der Waals surface area contributed by atoms with Crippen LogP contribution in [0, 0.1) is 6.92 Å². The smallest absolute Gasteiger partial charge is 0.279 e. The Morgan fingerprint density at radius 3 is 2.35 bits per heavy atom. The number of fused-ring (bicyclic) bond motifs is 1. The molecule has 31 heavy (non-hydrogen) atoms. The van der Waals surface area contributed by atoms with E-state index in [1.165, 1.54) is 0 Å². The van der Waals surface area contributed by atoms with Crippen molar-refractivity contribution in [3.8, 4) is 0 Å². The standard InChI is InChI=1S/C26H31N3O2/c1-4-16-29(18-26(31)28-24-15-8-5-10-19(24)2)17-25(30)27-20(3)22-14-9-12-21-11-6-7-13-23(21)22/h5-15,20H,4,16-18H2,1-3H3,(H,27,30)(H,28,31)/p+1/t20-/m0/s1. The molecule has 0 aliphatic carbocycles. The summed E-state index contributed by atoms with van der Waals surface area (Å²) in [6, 6.07) is 21.9. The van der Waals surface area contributed by atoms with Crippen LogP contribution in [-0.4, -0.2) is 31.4 Å². The molecule has 0 radical (unpaired) electrons. The van der Waals surface area contributed by atoms with Crippen molar-refractivity contribution in [2.75, 3.05) is 25.0 Å². The van der Waals surface area contributed by atoms with Crippen LogP contribution in [0.5, 0.6) is 0 Å². The van der Waals surface area contributed by atoms with Gasteiger partial charge in [0.15, 0.2) is 13.1 Å². The maximum absolute atomic E-state index is 12.8. The fourth-order valence-electron chi connectivity index (χ4n) is 3.95. The molecule has 0 aliphatic rings. The van der Waals surface area contributed by atoms with Gasteiger partial charge in [0, 0.05) is 5.69 Å². The van der Waals surface area contributed by atoms with Crippen molar-refractivity contribution >= 4 is 28.3 Å². The molecule has 0 saturated carbocycles. The van der Waals surface area contributed by atoms with Crippen LogP contribution in [0.15, 0.2) is 66.7 Å². The molecule has 3 aromatic rings. The Bertz CT molecular complexity index is 1040. The second-order valence-electron chi connectivity index (χ2n) is 8.07. The first-order valence-electron chi connectivity index (χ1n) is 10.9. The van der Waals surface area contributed by atoms with Crippen LogP contribution >= 0.6 is 0 Å². The monoisotopic (exact) mass is 418 g/mol. The van der Waals surface area contributed by atoms with E-state index in [2.05, 4.69) is 41.8 Å². The number of benzene rings is 3. The molecule has 2 amide bonds. The number of hydrogen-bond donors (Lipinski definition) is 3. The van der Waals surface area contributed by atoms with E-state index in [0.29, 0.717) is 0 Å². The normalized spacial score (nSPS) is 12.9. The number of hydrogen-bond acceptors (Lipinski definition) is 2. The summed E-state index contributed by atoms with van der Waals surface area (Å²) in [5, 5.41) is 8.39. The number of nitrogens with one attached hydrogen (secondary N) is 3. The third-order valence-electron chi connectivity index (χ3n) is 5.51. The van der Waals surface area contributed by atoms with Gasteiger partial charge in [0.05, 0.1) is 12.6 Å². The molecule has 1 unspecified atom stereocenters. The third-order valence-corrected chi connectivity index (χ3v) is 5.51. The predicted octanol–water partition coefficient (Wildman–Crippen LogP) is 3.26. The molecule has 3 aromatic carbocycles. The highest BCUT2D eigenvalue weighted by molar-refractivity contribution is 5.92. The summed E-state index contributed by atoms with van der Waals surface area (Å²) in [6.07, 6.45) is 0.902. The number of para-hydroxylation sites is 1. The molecule has 2 atom stereocenters. The third kappa shape index (κ3) is 6.15. The zero-order valence-corrected chi connectivity index (χ0v) is 18.6. The van der Waals surface area contributed by atoms with Gasteiger partial charge in [-0.25, -0.2) is 0 Å². The Kier molecular flexibility index (Phi) is 7.79. The van der Waals surface area contributed by atoms with Crippen molar-refractivity contribution in [1.29, 1.82) is 0 Å². The minimum absolute atomic E-state index is 0.0485. The Morgan fingerprint density at radius 1 is 0.903 bits per heavy atom. The van der Waals surface area contributed by atoms with E-state index in [1.54, 1.807) is 0 Å². The van der Waals surface area contributed by atoms with Crippen LogP contribution in [0.25, 0.3) is 10.8 Å². The molecule has 0 aromatic heterocycles. The first kappa shape index (κ1) is 22.5. The van der Waals surface area contributed by atoms with E-state index >= 15 is 0 Å². The summed E-state index contributed by atoms with van der Waals surface area (Å²) in [4.78, 5) is 26.3. The highest BCUT2D eigenvalue weighted by Gasteiger charge is 2.20. The summed E-state index contributed by atoms with van der Waals surface area (Å²) < 4.78 is 0. The molecule has 0 spiro atoms. The van der Waals surface area contributed by atoms with Crippen molar-refractivity contribution in [3.05, 3.63) is 77.9 Å².